The normalized spacial score (nSPS) is 11.5. The van der Waals surface area contributed by atoms with Crippen molar-refractivity contribution in [1.29, 1.82) is 0 Å². The summed E-state index contributed by atoms with van der Waals surface area (Å²) in [4.78, 5) is 24.2. The Morgan fingerprint density at radius 3 is 2.35 bits per heavy atom. The van der Waals surface area contributed by atoms with Gasteiger partial charge in [0.1, 0.15) is 11.8 Å². The van der Waals surface area contributed by atoms with Gasteiger partial charge in [-0.1, -0.05) is 42.5 Å². The first kappa shape index (κ1) is 19.5. The maximum atomic E-state index is 12.5. The van der Waals surface area contributed by atoms with Crippen molar-refractivity contribution in [3.8, 4) is 5.75 Å². The molecule has 0 bridgehead atoms. The second-order valence-corrected chi connectivity index (χ2v) is 5.74. The molecule has 138 valence electrons. The van der Waals surface area contributed by atoms with Gasteiger partial charge in [0.2, 0.25) is 5.91 Å². The molecule has 0 aliphatic carbocycles. The molecule has 0 saturated heterocycles. The van der Waals surface area contributed by atoms with Crippen molar-refractivity contribution in [2.75, 3.05) is 20.2 Å². The van der Waals surface area contributed by atoms with Gasteiger partial charge in [-0.05, 0) is 36.6 Å². The minimum Gasteiger partial charge on any atom is -0.497 e. The summed E-state index contributed by atoms with van der Waals surface area (Å²) in [5.41, 5.74) is 1.94. The van der Waals surface area contributed by atoms with Crippen LogP contribution < -0.4 is 20.7 Å². The summed E-state index contributed by atoms with van der Waals surface area (Å²) in [6.45, 7) is 2.85. The van der Waals surface area contributed by atoms with E-state index in [9.17, 15) is 9.59 Å². The molecule has 0 unspecified atom stereocenters. The van der Waals surface area contributed by atoms with Crippen molar-refractivity contribution >= 4 is 11.9 Å². The van der Waals surface area contributed by atoms with E-state index >= 15 is 0 Å². The van der Waals surface area contributed by atoms with Crippen molar-refractivity contribution in [2.24, 2.45) is 0 Å². The molecule has 2 aromatic rings. The number of carbonyl (C=O) groups is 2. The second-order valence-electron chi connectivity index (χ2n) is 5.74. The minimum absolute atomic E-state index is 0.378. The number of methoxy groups -OCH3 is 1. The van der Waals surface area contributed by atoms with Crippen LogP contribution in [-0.4, -0.2) is 32.1 Å². The Hall–Kier alpha value is -2.86. The van der Waals surface area contributed by atoms with E-state index in [4.69, 9.17) is 4.74 Å². The van der Waals surface area contributed by atoms with Crippen LogP contribution in [0.25, 0.3) is 0 Å². The molecule has 26 heavy (non-hydrogen) atoms. The van der Waals surface area contributed by atoms with Gasteiger partial charge in [0.05, 0.1) is 7.11 Å². The van der Waals surface area contributed by atoms with Gasteiger partial charge in [-0.25, -0.2) is 4.79 Å². The molecule has 6 heteroatoms. The molecule has 0 aliphatic rings. The monoisotopic (exact) mass is 355 g/mol. The van der Waals surface area contributed by atoms with E-state index in [1.165, 1.54) is 0 Å². The van der Waals surface area contributed by atoms with Crippen LogP contribution in [0.15, 0.2) is 54.6 Å². The van der Waals surface area contributed by atoms with Crippen LogP contribution >= 0.6 is 0 Å². The molecule has 0 saturated carbocycles. The lowest BCUT2D eigenvalue weighted by Crippen LogP contribution is -2.45. The third kappa shape index (κ3) is 5.89. The average molecular weight is 355 g/mol. The lowest BCUT2D eigenvalue weighted by Gasteiger charge is -2.18. The fourth-order valence-corrected chi connectivity index (χ4v) is 2.55. The smallest absolute Gasteiger partial charge is 0.321 e. The van der Waals surface area contributed by atoms with Crippen LogP contribution in [-0.2, 0) is 11.2 Å². The number of hydrogen-bond donors (Lipinski definition) is 3. The molecular weight excluding hydrogens is 330 g/mol. The van der Waals surface area contributed by atoms with Gasteiger partial charge >= 0.3 is 6.03 Å². The Kier molecular flexibility index (Phi) is 7.64. The lowest BCUT2D eigenvalue weighted by molar-refractivity contribution is -0.122. The number of nitrogens with one attached hydrogen (secondary N) is 3. The van der Waals surface area contributed by atoms with Gasteiger partial charge in [-0.15, -0.1) is 0 Å². The molecule has 0 heterocycles. The van der Waals surface area contributed by atoms with E-state index in [1.807, 2.05) is 54.6 Å². The topological polar surface area (TPSA) is 79.5 Å². The van der Waals surface area contributed by atoms with Crippen molar-refractivity contribution in [3.05, 3.63) is 65.7 Å². The number of carbonyl (C=O) groups excluding carboxylic acids is 2. The summed E-state index contributed by atoms with van der Waals surface area (Å²) in [6, 6.07) is 16.1. The predicted molar refractivity (Wildman–Crippen MR) is 101 cm³/mol. The lowest BCUT2D eigenvalue weighted by atomic mass is 10.1. The highest BCUT2D eigenvalue weighted by atomic mass is 16.5. The van der Waals surface area contributed by atoms with Crippen molar-refractivity contribution in [2.45, 2.75) is 19.4 Å². The number of imide groups is 1. The standard InChI is InChI=1S/C20H25N3O3/c1-3-21-20(25)23-19(24)18(16-7-5-4-6-8-16)22-14-13-15-9-11-17(26-2)12-10-15/h4-12,18,22H,3,13-14H2,1-2H3,(H2,21,23,24,25)/t18-/m0/s1. The second kappa shape index (κ2) is 10.2. The first-order valence-corrected chi connectivity index (χ1v) is 8.64. The number of amides is 3. The molecule has 0 aromatic heterocycles. The van der Waals surface area contributed by atoms with E-state index in [-0.39, 0.29) is 5.91 Å². The largest absolute Gasteiger partial charge is 0.497 e. The Morgan fingerprint density at radius 2 is 1.73 bits per heavy atom. The van der Waals surface area contributed by atoms with Crippen LogP contribution in [0.3, 0.4) is 0 Å². The number of rotatable bonds is 8. The Morgan fingerprint density at radius 1 is 1.04 bits per heavy atom. The molecule has 3 N–H and O–H groups in total. The van der Waals surface area contributed by atoms with Crippen LogP contribution in [0, 0.1) is 0 Å². The third-order valence-corrected chi connectivity index (χ3v) is 3.89. The van der Waals surface area contributed by atoms with Crippen molar-refractivity contribution < 1.29 is 14.3 Å². The zero-order valence-corrected chi connectivity index (χ0v) is 15.1. The summed E-state index contributed by atoms with van der Waals surface area (Å²) >= 11 is 0. The Bertz CT molecular complexity index is 702. The summed E-state index contributed by atoms with van der Waals surface area (Å²) in [5, 5.41) is 8.18. The maximum absolute atomic E-state index is 12.5. The summed E-state index contributed by atoms with van der Waals surface area (Å²) in [5.74, 6) is 0.432. The SMILES string of the molecule is CCNC(=O)NC(=O)[C@@H](NCCc1ccc(OC)cc1)c1ccccc1. The zero-order valence-electron chi connectivity index (χ0n) is 15.1. The third-order valence-electron chi connectivity index (χ3n) is 3.89. The zero-order chi connectivity index (χ0) is 18.8. The highest BCUT2D eigenvalue weighted by Gasteiger charge is 2.21. The number of hydrogen-bond acceptors (Lipinski definition) is 4. The van der Waals surface area contributed by atoms with Crippen molar-refractivity contribution in [1.82, 2.24) is 16.0 Å². The number of benzene rings is 2. The van der Waals surface area contributed by atoms with Gasteiger partial charge in [-0.2, -0.15) is 0 Å². The van der Waals surface area contributed by atoms with Crippen molar-refractivity contribution in [3.63, 3.8) is 0 Å². The summed E-state index contributed by atoms with van der Waals surface area (Å²) in [6.07, 6.45) is 0.752. The molecule has 3 amide bonds. The van der Waals surface area contributed by atoms with E-state index in [1.54, 1.807) is 14.0 Å². The summed E-state index contributed by atoms with van der Waals surface area (Å²) < 4.78 is 5.15. The predicted octanol–water partition coefficient (Wildman–Crippen LogP) is 2.41. The molecule has 0 aliphatic heterocycles. The maximum Gasteiger partial charge on any atom is 0.321 e. The molecular formula is C20H25N3O3. The average Bonchev–Trinajstić information content (AvgIpc) is 2.66. The molecule has 0 radical (unpaired) electrons. The van der Waals surface area contributed by atoms with E-state index in [0.29, 0.717) is 13.1 Å². The first-order valence-electron chi connectivity index (χ1n) is 8.64. The number of ether oxygens (including phenoxy) is 1. The van der Waals surface area contributed by atoms with Crippen LogP contribution in [0.1, 0.15) is 24.1 Å². The molecule has 1 atom stereocenters. The van der Waals surface area contributed by atoms with Gasteiger partial charge in [-0.3, -0.25) is 10.1 Å². The Labute approximate surface area is 153 Å². The minimum atomic E-state index is -0.600. The van der Waals surface area contributed by atoms with E-state index < -0.39 is 12.1 Å². The quantitative estimate of drug-likeness (QED) is 0.679. The van der Waals surface area contributed by atoms with Gasteiger partial charge < -0.3 is 15.4 Å². The van der Waals surface area contributed by atoms with Crippen LogP contribution in [0.5, 0.6) is 5.75 Å². The fourth-order valence-electron chi connectivity index (χ4n) is 2.55. The number of urea groups is 1. The molecule has 2 rings (SSSR count). The molecule has 0 spiro atoms. The molecule has 6 nitrogen and oxygen atoms in total. The first-order chi connectivity index (χ1) is 12.6. The highest BCUT2D eigenvalue weighted by molar-refractivity contribution is 5.97. The molecule has 0 fully saturated rings. The van der Waals surface area contributed by atoms with Crippen LogP contribution in [0.2, 0.25) is 0 Å². The van der Waals surface area contributed by atoms with Gasteiger partial charge in [0.25, 0.3) is 0 Å². The van der Waals surface area contributed by atoms with E-state index in [0.717, 1.165) is 23.3 Å². The Balaban J connectivity index is 1.99. The molecule has 2 aromatic carbocycles. The van der Waals surface area contributed by atoms with E-state index in [2.05, 4.69) is 16.0 Å². The van der Waals surface area contributed by atoms with Gasteiger partial charge in [0.15, 0.2) is 0 Å². The van der Waals surface area contributed by atoms with Gasteiger partial charge in [0, 0.05) is 13.1 Å². The summed E-state index contributed by atoms with van der Waals surface area (Å²) in [7, 11) is 1.63. The highest BCUT2D eigenvalue weighted by Crippen LogP contribution is 2.14. The fraction of sp³-hybridized carbons (Fsp3) is 0.300. The van der Waals surface area contributed by atoms with Crippen LogP contribution in [0.4, 0.5) is 4.79 Å².